The van der Waals surface area contributed by atoms with Crippen molar-refractivity contribution in [1.82, 2.24) is 0 Å². The van der Waals surface area contributed by atoms with Crippen molar-refractivity contribution in [2.45, 2.75) is 47.5 Å². The Morgan fingerprint density at radius 1 is 1.31 bits per heavy atom. The van der Waals surface area contributed by atoms with Gasteiger partial charge in [0.05, 0.1) is 12.4 Å². The summed E-state index contributed by atoms with van der Waals surface area (Å²) in [5.41, 5.74) is 1.83. The second kappa shape index (κ2) is 3.73. The average Bonchev–Trinajstić information content (AvgIpc) is 2.45. The number of ether oxygens (including phenoxy) is 1. The molecule has 1 unspecified atom stereocenters. The third-order valence-corrected chi connectivity index (χ3v) is 2.79. The zero-order valence-electron chi connectivity index (χ0n) is 9.61. The van der Waals surface area contributed by atoms with E-state index < -0.39 is 0 Å². The van der Waals surface area contributed by atoms with Gasteiger partial charge in [0.15, 0.2) is 0 Å². The van der Waals surface area contributed by atoms with Gasteiger partial charge in [0.1, 0.15) is 0 Å². The zero-order valence-corrected chi connectivity index (χ0v) is 9.61. The first-order chi connectivity index (χ1) is 6.00. The van der Waals surface area contributed by atoms with Gasteiger partial charge in [-0.15, -0.1) is 0 Å². The van der Waals surface area contributed by atoms with Gasteiger partial charge in [-0.05, 0) is 17.4 Å². The third-order valence-electron chi connectivity index (χ3n) is 2.79. The fraction of sp³-hybridized carbons (Fsp3) is 0.833. The van der Waals surface area contributed by atoms with Crippen LogP contribution in [-0.2, 0) is 4.74 Å². The lowest BCUT2D eigenvalue weighted by atomic mass is 9.78. The minimum atomic E-state index is 0.280. The molecule has 0 saturated carbocycles. The first kappa shape index (κ1) is 10.6. The minimum absolute atomic E-state index is 0.280. The van der Waals surface area contributed by atoms with E-state index in [1.807, 2.05) is 0 Å². The highest BCUT2D eigenvalue weighted by Crippen LogP contribution is 2.41. The topological polar surface area (TPSA) is 9.23 Å². The molecule has 0 saturated heterocycles. The van der Waals surface area contributed by atoms with Crippen LogP contribution in [0.5, 0.6) is 0 Å². The van der Waals surface area contributed by atoms with Crippen LogP contribution in [0.1, 0.15) is 47.5 Å². The summed E-state index contributed by atoms with van der Waals surface area (Å²) in [7, 11) is 0. The molecule has 0 amide bonds. The van der Waals surface area contributed by atoms with Crippen molar-refractivity contribution in [3.05, 3.63) is 11.3 Å². The van der Waals surface area contributed by atoms with Crippen LogP contribution in [0.25, 0.3) is 0 Å². The first-order valence-electron chi connectivity index (χ1n) is 5.37. The summed E-state index contributed by atoms with van der Waals surface area (Å²) < 4.78 is 5.72. The maximum absolute atomic E-state index is 5.72. The van der Waals surface area contributed by atoms with Crippen LogP contribution in [-0.4, -0.2) is 6.61 Å². The van der Waals surface area contributed by atoms with E-state index >= 15 is 0 Å². The van der Waals surface area contributed by atoms with Crippen LogP contribution >= 0.6 is 0 Å². The molecular weight excluding hydrogens is 160 g/mol. The quantitative estimate of drug-likeness (QED) is 0.632. The van der Waals surface area contributed by atoms with Gasteiger partial charge in [0.2, 0.25) is 0 Å². The predicted molar refractivity (Wildman–Crippen MR) is 56.5 cm³/mol. The summed E-state index contributed by atoms with van der Waals surface area (Å²) in [6, 6.07) is 0. The van der Waals surface area contributed by atoms with Crippen LogP contribution in [0.3, 0.4) is 0 Å². The Labute approximate surface area is 82.2 Å². The summed E-state index contributed by atoms with van der Waals surface area (Å²) in [6.07, 6.45) is 2.25. The van der Waals surface area contributed by atoms with Gasteiger partial charge in [0, 0.05) is 12.3 Å². The molecule has 0 aromatic heterocycles. The molecule has 1 aliphatic rings. The van der Waals surface area contributed by atoms with Crippen molar-refractivity contribution in [1.29, 1.82) is 0 Å². The average molecular weight is 182 g/mol. The first-order valence-corrected chi connectivity index (χ1v) is 5.37. The van der Waals surface area contributed by atoms with Gasteiger partial charge >= 0.3 is 0 Å². The number of allylic oxidation sites excluding steroid dienone is 1. The van der Waals surface area contributed by atoms with Crippen LogP contribution in [0.4, 0.5) is 0 Å². The van der Waals surface area contributed by atoms with Gasteiger partial charge in [-0.2, -0.15) is 0 Å². The van der Waals surface area contributed by atoms with Gasteiger partial charge in [0.25, 0.3) is 0 Å². The van der Waals surface area contributed by atoms with Crippen molar-refractivity contribution in [2.24, 2.45) is 11.3 Å². The lowest BCUT2D eigenvalue weighted by Gasteiger charge is -2.25. The molecule has 0 aliphatic carbocycles. The highest BCUT2D eigenvalue weighted by atomic mass is 16.5. The van der Waals surface area contributed by atoms with E-state index in [1.54, 1.807) is 5.57 Å². The molecule has 0 fully saturated rings. The monoisotopic (exact) mass is 182 g/mol. The number of hydrogen-bond donors (Lipinski definition) is 0. The minimum Gasteiger partial charge on any atom is -0.497 e. The number of rotatable bonds is 2. The largest absolute Gasteiger partial charge is 0.497 e. The Morgan fingerprint density at radius 2 is 1.92 bits per heavy atom. The Hall–Kier alpha value is -0.460. The van der Waals surface area contributed by atoms with E-state index in [0.29, 0.717) is 5.92 Å². The van der Waals surface area contributed by atoms with Crippen molar-refractivity contribution in [3.63, 3.8) is 0 Å². The molecule has 1 heterocycles. The molecule has 1 nitrogen and oxygen atoms in total. The molecule has 0 aromatic rings. The molecule has 76 valence electrons. The van der Waals surface area contributed by atoms with Crippen molar-refractivity contribution < 1.29 is 4.74 Å². The fourth-order valence-corrected chi connectivity index (χ4v) is 2.24. The second-order valence-corrected chi connectivity index (χ2v) is 4.86. The van der Waals surface area contributed by atoms with Crippen molar-refractivity contribution >= 4 is 0 Å². The SMILES string of the molecule is CCC1=C(C(C)(C)C)C(CC)CO1. The van der Waals surface area contributed by atoms with E-state index in [1.165, 1.54) is 12.2 Å². The van der Waals surface area contributed by atoms with Crippen LogP contribution < -0.4 is 0 Å². The summed E-state index contributed by atoms with van der Waals surface area (Å²) >= 11 is 0. The molecule has 0 bridgehead atoms. The Bertz CT molecular complexity index is 208. The van der Waals surface area contributed by atoms with Gasteiger partial charge < -0.3 is 4.74 Å². The van der Waals surface area contributed by atoms with Gasteiger partial charge in [-0.3, -0.25) is 0 Å². The molecule has 0 aromatic carbocycles. The van der Waals surface area contributed by atoms with E-state index in [9.17, 15) is 0 Å². The maximum Gasteiger partial charge on any atom is 0.0958 e. The summed E-state index contributed by atoms with van der Waals surface area (Å²) in [5.74, 6) is 1.91. The summed E-state index contributed by atoms with van der Waals surface area (Å²) in [5, 5.41) is 0. The highest BCUT2D eigenvalue weighted by molar-refractivity contribution is 5.22. The zero-order chi connectivity index (χ0) is 10.1. The Balaban J connectivity index is 2.96. The molecule has 0 N–H and O–H groups in total. The van der Waals surface area contributed by atoms with E-state index in [2.05, 4.69) is 34.6 Å². The molecule has 1 rings (SSSR count). The van der Waals surface area contributed by atoms with Crippen molar-refractivity contribution in [3.8, 4) is 0 Å². The lowest BCUT2D eigenvalue weighted by Crippen LogP contribution is -2.17. The Kier molecular flexibility index (Phi) is 3.05. The molecule has 1 aliphatic heterocycles. The van der Waals surface area contributed by atoms with Crippen LogP contribution in [0.15, 0.2) is 11.3 Å². The molecular formula is C12H22O. The number of hydrogen-bond acceptors (Lipinski definition) is 1. The van der Waals surface area contributed by atoms with Crippen LogP contribution in [0, 0.1) is 11.3 Å². The molecule has 13 heavy (non-hydrogen) atoms. The third kappa shape index (κ3) is 2.07. The summed E-state index contributed by atoms with van der Waals surface area (Å²) in [6.45, 7) is 12.2. The van der Waals surface area contributed by atoms with Crippen LogP contribution in [0.2, 0.25) is 0 Å². The van der Waals surface area contributed by atoms with E-state index in [4.69, 9.17) is 4.74 Å². The normalized spacial score (nSPS) is 23.6. The highest BCUT2D eigenvalue weighted by Gasteiger charge is 2.32. The Morgan fingerprint density at radius 3 is 2.31 bits per heavy atom. The van der Waals surface area contributed by atoms with Crippen molar-refractivity contribution in [2.75, 3.05) is 6.61 Å². The van der Waals surface area contributed by atoms with Gasteiger partial charge in [-0.1, -0.05) is 34.6 Å². The second-order valence-electron chi connectivity index (χ2n) is 4.86. The molecule has 1 atom stereocenters. The standard InChI is InChI=1S/C12H22O/c1-6-9-8-13-10(7-2)11(9)12(3,4)5/h9H,6-8H2,1-5H3. The molecule has 1 heteroatoms. The van der Waals surface area contributed by atoms with E-state index in [0.717, 1.165) is 13.0 Å². The molecule has 0 spiro atoms. The van der Waals surface area contributed by atoms with Gasteiger partial charge in [-0.25, -0.2) is 0 Å². The molecule has 0 radical (unpaired) electrons. The smallest absolute Gasteiger partial charge is 0.0958 e. The van der Waals surface area contributed by atoms with E-state index in [-0.39, 0.29) is 5.41 Å². The fourth-order valence-electron chi connectivity index (χ4n) is 2.24. The predicted octanol–water partition coefficient (Wildman–Crippen LogP) is 3.75. The summed E-state index contributed by atoms with van der Waals surface area (Å²) in [4.78, 5) is 0. The lowest BCUT2D eigenvalue weighted by molar-refractivity contribution is 0.210. The maximum atomic E-state index is 5.72.